The molecule has 0 unspecified atom stereocenters. The van der Waals surface area contributed by atoms with Crippen LogP contribution in [0, 0.1) is 0 Å². The van der Waals surface area contributed by atoms with Crippen molar-refractivity contribution in [3.63, 3.8) is 0 Å². The molecule has 0 spiro atoms. The molecule has 98 valence electrons. The standard InChI is InChI=1S/C16H18N2O/c19-15-9-8-14(17-11-15)12-18-10-4-3-6-13-5-1-2-7-16(13)18/h1-2,5,7-9,11,19H,3-4,6,10,12H2. The Hall–Kier alpha value is -2.03. The van der Waals surface area contributed by atoms with E-state index in [2.05, 4.69) is 34.1 Å². The first-order valence-corrected chi connectivity index (χ1v) is 6.80. The second-order valence-corrected chi connectivity index (χ2v) is 5.02. The molecule has 1 aliphatic heterocycles. The number of para-hydroxylation sites is 1. The van der Waals surface area contributed by atoms with Gasteiger partial charge in [0, 0.05) is 12.2 Å². The third kappa shape index (κ3) is 2.70. The summed E-state index contributed by atoms with van der Waals surface area (Å²) in [7, 11) is 0. The van der Waals surface area contributed by atoms with E-state index in [1.54, 1.807) is 6.07 Å². The molecule has 0 atom stereocenters. The normalized spacial score (nSPS) is 14.8. The maximum absolute atomic E-state index is 9.29. The Kier molecular flexibility index (Phi) is 3.36. The minimum atomic E-state index is 0.222. The topological polar surface area (TPSA) is 36.4 Å². The van der Waals surface area contributed by atoms with Gasteiger partial charge in [0.1, 0.15) is 5.75 Å². The van der Waals surface area contributed by atoms with Crippen molar-refractivity contribution >= 4 is 5.69 Å². The number of aromatic hydroxyl groups is 1. The summed E-state index contributed by atoms with van der Waals surface area (Å²) >= 11 is 0. The van der Waals surface area contributed by atoms with Gasteiger partial charge in [-0.3, -0.25) is 4.98 Å². The van der Waals surface area contributed by atoms with Gasteiger partial charge in [0.05, 0.1) is 18.4 Å². The average molecular weight is 254 g/mol. The third-order valence-corrected chi connectivity index (χ3v) is 3.62. The van der Waals surface area contributed by atoms with E-state index in [0.29, 0.717) is 0 Å². The lowest BCUT2D eigenvalue weighted by Crippen LogP contribution is -2.23. The van der Waals surface area contributed by atoms with Gasteiger partial charge >= 0.3 is 0 Å². The summed E-state index contributed by atoms with van der Waals surface area (Å²) in [4.78, 5) is 6.67. The van der Waals surface area contributed by atoms with Crippen LogP contribution in [0.15, 0.2) is 42.6 Å². The van der Waals surface area contributed by atoms with Gasteiger partial charge < -0.3 is 10.0 Å². The second kappa shape index (κ2) is 5.31. The molecule has 0 aliphatic carbocycles. The van der Waals surface area contributed by atoms with E-state index in [1.807, 2.05) is 6.07 Å². The van der Waals surface area contributed by atoms with Crippen molar-refractivity contribution in [2.24, 2.45) is 0 Å². The van der Waals surface area contributed by atoms with Crippen molar-refractivity contribution in [3.05, 3.63) is 53.9 Å². The third-order valence-electron chi connectivity index (χ3n) is 3.62. The number of anilines is 1. The van der Waals surface area contributed by atoms with Crippen LogP contribution < -0.4 is 4.90 Å². The fraction of sp³-hybridized carbons (Fsp3) is 0.312. The van der Waals surface area contributed by atoms with Crippen LogP contribution in [-0.4, -0.2) is 16.6 Å². The Balaban J connectivity index is 1.86. The summed E-state index contributed by atoms with van der Waals surface area (Å²) in [6.45, 7) is 1.87. The molecule has 2 aromatic rings. The number of hydrogen-bond donors (Lipinski definition) is 1. The van der Waals surface area contributed by atoms with E-state index in [1.165, 1.54) is 30.3 Å². The Bertz CT molecular complexity index is 551. The van der Waals surface area contributed by atoms with Crippen LogP contribution in [0.3, 0.4) is 0 Å². The maximum atomic E-state index is 9.29. The van der Waals surface area contributed by atoms with Crippen LogP contribution >= 0.6 is 0 Å². The summed E-state index contributed by atoms with van der Waals surface area (Å²) in [5.74, 6) is 0.222. The second-order valence-electron chi connectivity index (χ2n) is 5.02. The number of hydrogen-bond acceptors (Lipinski definition) is 3. The number of aromatic nitrogens is 1. The molecule has 0 saturated heterocycles. The molecule has 3 heteroatoms. The van der Waals surface area contributed by atoms with E-state index in [0.717, 1.165) is 25.2 Å². The lowest BCUT2D eigenvalue weighted by atomic mass is 10.1. The van der Waals surface area contributed by atoms with E-state index in [4.69, 9.17) is 0 Å². The van der Waals surface area contributed by atoms with Crippen LogP contribution in [0.2, 0.25) is 0 Å². The fourth-order valence-corrected chi connectivity index (χ4v) is 2.64. The van der Waals surface area contributed by atoms with Gasteiger partial charge in [-0.05, 0) is 43.0 Å². The number of benzene rings is 1. The molecule has 1 aromatic heterocycles. The lowest BCUT2D eigenvalue weighted by molar-refractivity contribution is 0.472. The molecule has 3 nitrogen and oxygen atoms in total. The number of aryl methyl sites for hydroxylation is 1. The number of rotatable bonds is 2. The molecule has 0 fully saturated rings. The molecule has 3 rings (SSSR count). The van der Waals surface area contributed by atoms with Crippen molar-refractivity contribution in [1.82, 2.24) is 4.98 Å². The Morgan fingerprint density at radius 3 is 2.84 bits per heavy atom. The molecule has 2 heterocycles. The molecule has 0 radical (unpaired) electrons. The summed E-state index contributed by atoms with van der Waals surface area (Å²) in [5.41, 5.74) is 3.75. The lowest BCUT2D eigenvalue weighted by Gasteiger charge is -2.24. The molecule has 0 bridgehead atoms. The van der Waals surface area contributed by atoms with Gasteiger partial charge in [0.25, 0.3) is 0 Å². The van der Waals surface area contributed by atoms with Gasteiger partial charge in [-0.2, -0.15) is 0 Å². The van der Waals surface area contributed by atoms with Gasteiger partial charge in [-0.25, -0.2) is 0 Å². The van der Waals surface area contributed by atoms with Crippen LogP contribution in [0.5, 0.6) is 5.75 Å². The van der Waals surface area contributed by atoms with E-state index < -0.39 is 0 Å². The first-order chi connectivity index (χ1) is 9.33. The van der Waals surface area contributed by atoms with Crippen molar-refractivity contribution < 1.29 is 5.11 Å². The summed E-state index contributed by atoms with van der Waals surface area (Å²) < 4.78 is 0. The summed E-state index contributed by atoms with van der Waals surface area (Å²) in [6.07, 6.45) is 5.14. The highest BCUT2D eigenvalue weighted by atomic mass is 16.3. The highest BCUT2D eigenvalue weighted by Gasteiger charge is 2.15. The van der Waals surface area contributed by atoms with Gasteiger partial charge in [-0.15, -0.1) is 0 Å². The maximum Gasteiger partial charge on any atom is 0.133 e. The molecular formula is C16H18N2O. The van der Waals surface area contributed by atoms with Gasteiger partial charge in [0.15, 0.2) is 0 Å². The Labute approximate surface area is 113 Å². The van der Waals surface area contributed by atoms with Gasteiger partial charge in [0.2, 0.25) is 0 Å². The van der Waals surface area contributed by atoms with Crippen LogP contribution in [0.25, 0.3) is 0 Å². The Morgan fingerprint density at radius 2 is 2.00 bits per heavy atom. The number of nitrogens with zero attached hydrogens (tertiary/aromatic N) is 2. The quantitative estimate of drug-likeness (QED) is 0.894. The highest BCUT2D eigenvalue weighted by Crippen LogP contribution is 2.27. The van der Waals surface area contributed by atoms with E-state index in [-0.39, 0.29) is 5.75 Å². The predicted octanol–water partition coefficient (Wildman–Crippen LogP) is 3.13. The zero-order valence-corrected chi connectivity index (χ0v) is 10.9. The first-order valence-electron chi connectivity index (χ1n) is 6.80. The van der Waals surface area contributed by atoms with Crippen LogP contribution in [0.1, 0.15) is 24.1 Å². The van der Waals surface area contributed by atoms with Crippen molar-refractivity contribution in [2.45, 2.75) is 25.8 Å². The van der Waals surface area contributed by atoms with Crippen LogP contribution in [0.4, 0.5) is 5.69 Å². The fourth-order valence-electron chi connectivity index (χ4n) is 2.64. The monoisotopic (exact) mass is 254 g/mol. The highest BCUT2D eigenvalue weighted by molar-refractivity contribution is 5.54. The minimum absolute atomic E-state index is 0.222. The van der Waals surface area contributed by atoms with Crippen molar-refractivity contribution in [2.75, 3.05) is 11.4 Å². The number of fused-ring (bicyclic) bond motifs is 1. The zero-order valence-electron chi connectivity index (χ0n) is 10.9. The number of pyridine rings is 1. The molecule has 1 aromatic carbocycles. The molecular weight excluding hydrogens is 236 g/mol. The first kappa shape index (κ1) is 12.0. The van der Waals surface area contributed by atoms with Crippen molar-refractivity contribution in [3.8, 4) is 5.75 Å². The molecule has 1 aliphatic rings. The Morgan fingerprint density at radius 1 is 1.11 bits per heavy atom. The van der Waals surface area contributed by atoms with E-state index in [9.17, 15) is 5.11 Å². The van der Waals surface area contributed by atoms with Crippen LogP contribution in [-0.2, 0) is 13.0 Å². The summed E-state index contributed by atoms with van der Waals surface area (Å²) in [5, 5.41) is 9.29. The average Bonchev–Trinajstić information content (AvgIpc) is 2.64. The van der Waals surface area contributed by atoms with E-state index >= 15 is 0 Å². The largest absolute Gasteiger partial charge is 0.506 e. The SMILES string of the molecule is Oc1ccc(CN2CCCCc3ccccc32)nc1. The van der Waals surface area contributed by atoms with Gasteiger partial charge in [-0.1, -0.05) is 18.2 Å². The zero-order chi connectivity index (χ0) is 13.1. The molecule has 0 amide bonds. The molecule has 1 N–H and O–H groups in total. The minimum Gasteiger partial charge on any atom is -0.506 e. The molecule has 19 heavy (non-hydrogen) atoms. The smallest absolute Gasteiger partial charge is 0.133 e. The van der Waals surface area contributed by atoms with Crippen molar-refractivity contribution in [1.29, 1.82) is 0 Å². The predicted molar refractivity (Wildman–Crippen MR) is 76.3 cm³/mol. The summed E-state index contributed by atoms with van der Waals surface area (Å²) in [6, 6.07) is 12.2. The molecule has 0 saturated carbocycles.